The Kier molecular flexibility index (Phi) is 4.61. The minimum atomic E-state index is -1.22. The summed E-state index contributed by atoms with van der Waals surface area (Å²) in [5.74, 6) is -1.22. The van der Waals surface area contributed by atoms with Crippen molar-refractivity contribution in [2.75, 3.05) is 19.0 Å². The van der Waals surface area contributed by atoms with Crippen molar-refractivity contribution in [3.05, 3.63) is 33.9 Å². The maximum Gasteiger partial charge on any atom is 0.338 e. The topological polar surface area (TPSA) is 102 Å². The van der Waals surface area contributed by atoms with Crippen molar-refractivity contribution in [2.45, 2.75) is 13.0 Å². The number of rotatable bonds is 6. The number of carboxylic acids is 1. The van der Waals surface area contributed by atoms with Gasteiger partial charge in [-0.1, -0.05) is 6.07 Å². The molecule has 0 fully saturated rings. The Balaban J connectivity index is 3.11. The van der Waals surface area contributed by atoms with E-state index < -0.39 is 10.9 Å². The molecule has 0 radical (unpaired) electrons. The Labute approximate surface area is 104 Å². The van der Waals surface area contributed by atoms with E-state index in [0.29, 0.717) is 0 Å². The maximum atomic E-state index is 11.0. The van der Waals surface area contributed by atoms with E-state index in [2.05, 4.69) is 5.32 Å². The summed E-state index contributed by atoms with van der Waals surface area (Å²) in [7, 11) is 1.50. The summed E-state index contributed by atoms with van der Waals surface area (Å²) in [5.41, 5.74) is -0.399. The fourth-order valence-electron chi connectivity index (χ4n) is 1.39. The smallest absolute Gasteiger partial charge is 0.338 e. The van der Waals surface area contributed by atoms with Gasteiger partial charge in [-0.2, -0.15) is 0 Å². The van der Waals surface area contributed by atoms with Gasteiger partial charge < -0.3 is 15.2 Å². The van der Waals surface area contributed by atoms with Gasteiger partial charge in [-0.25, -0.2) is 4.79 Å². The third-order valence-corrected chi connectivity index (χ3v) is 2.44. The number of carbonyl (C=O) groups is 1. The number of nitrogens with one attached hydrogen (secondary N) is 1. The van der Waals surface area contributed by atoms with Crippen LogP contribution in [0, 0.1) is 10.1 Å². The third kappa shape index (κ3) is 3.17. The van der Waals surface area contributed by atoms with Gasteiger partial charge in [0.15, 0.2) is 0 Å². The van der Waals surface area contributed by atoms with Crippen molar-refractivity contribution >= 4 is 17.3 Å². The molecule has 1 aromatic rings. The molecular formula is C11H14N2O5. The van der Waals surface area contributed by atoms with Crippen LogP contribution >= 0.6 is 0 Å². The second-order valence-corrected chi connectivity index (χ2v) is 3.69. The minimum Gasteiger partial charge on any atom is -0.478 e. The monoisotopic (exact) mass is 254 g/mol. The lowest BCUT2D eigenvalue weighted by Gasteiger charge is -2.13. The van der Waals surface area contributed by atoms with E-state index in [1.165, 1.54) is 25.3 Å². The minimum absolute atomic E-state index is 0.00102. The first-order valence-electron chi connectivity index (χ1n) is 5.24. The van der Waals surface area contributed by atoms with Crippen LogP contribution in [0.4, 0.5) is 11.4 Å². The van der Waals surface area contributed by atoms with Crippen LogP contribution in [0.3, 0.4) is 0 Å². The number of hydrogen-bond acceptors (Lipinski definition) is 5. The van der Waals surface area contributed by atoms with Crippen molar-refractivity contribution in [2.24, 2.45) is 0 Å². The molecule has 0 saturated heterocycles. The molecule has 0 saturated carbocycles. The molecule has 0 aromatic heterocycles. The average Bonchev–Trinajstić information content (AvgIpc) is 2.34. The lowest BCUT2D eigenvalue weighted by atomic mass is 10.1. The number of hydrogen-bond donors (Lipinski definition) is 2. The molecule has 0 bridgehead atoms. The summed E-state index contributed by atoms with van der Waals surface area (Å²) < 4.78 is 4.99. The highest BCUT2D eigenvalue weighted by Crippen LogP contribution is 2.28. The molecule has 0 aliphatic carbocycles. The summed E-state index contributed by atoms with van der Waals surface area (Å²) in [5, 5.41) is 22.6. The second kappa shape index (κ2) is 5.97. The standard InChI is InChI=1S/C11H14N2O5/c1-7(18-2)6-12-10-8(11(14)15)4-3-5-9(10)13(16)17/h3-5,7,12H,6H2,1-2H3,(H,14,15). The molecule has 1 atom stereocenters. The van der Waals surface area contributed by atoms with E-state index in [1.807, 2.05) is 0 Å². The molecule has 1 unspecified atom stereocenters. The van der Waals surface area contributed by atoms with Gasteiger partial charge in [0.2, 0.25) is 0 Å². The van der Waals surface area contributed by atoms with Crippen LogP contribution in [0.5, 0.6) is 0 Å². The van der Waals surface area contributed by atoms with E-state index >= 15 is 0 Å². The predicted molar refractivity (Wildman–Crippen MR) is 65.0 cm³/mol. The molecule has 0 spiro atoms. The number of nitro benzene ring substituents is 1. The summed E-state index contributed by atoms with van der Waals surface area (Å²) in [6.45, 7) is 2.05. The second-order valence-electron chi connectivity index (χ2n) is 3.69. The van der Waals surface area contributed by atoms with Crippen molar-refractivity contribution in [1.82, 2.24) is 0 Å². The molecule has 7 heteroatoms. The Morgan fingerprint density at radius 3 is 2.78 bits per heavy atom. The van der Waals surface area contributed by atoms with E-state index in [0.717, 1.165) is 0 Å². The zero-order valence-corrected chi connectivity index (χ0v) is 10.0. The fourth-order valence-corrected chi connectivity index (χ4v) is 1.39. The number of nitro groups is 1. The van der Waals surface area contributed by atoms with Gasteiger partial charge in [0, 0.05) is 19.7 Å². The highest BCUT2D eigenvalue weighted by Gasteiger charge is 2.21. The third-order valence-electron chi connectivity index (χ3n) is 2.44. The fraction of sp³-hybridized carbons (Fsp3) is 0.364. The lowest BCUT2D eigenvalue weighted by Crippen LogP contribution is -2.20. The maximum absolute atomic E-state index is 11.0. The Morgan fingerprint density at radius 2 is 2.28 bits per heavy atom. The Morgan fingerprint density at radius 1 is 1.61 bits per heavy atom. The number of para-hydroxylation sites is 1. The largest absolute Gasteiger partial charge is 0.478 e. The van der Waals surface area contributed by atoms with Crippen molar-refractivity contribution in [3.63, 3.8) is 0 Å². The van der Waals surface area contributed by atoms with E-state index in [-0.39, 0.29) is 29.6 Å². The number of methoxy groups -OCH3 is 1. The van der Waals surface area contributed by atoms with Crippen LogP contribution in [-0.2, 0) is 4.74 Å². The first-order valence-corrected chi connectivity index (χ1v) is 5.24. The molecule has 0 heterocycles. The summed E-state index contributed by atoms with van der Waals surface area (Å²) in [6, 6.07) is 3.91. The molecular weight excluding hydrogens is 240 g/mol. The van der Waals surface area contributed by atoms with Crippen LogP contribution in [0.15, 0.2) is 18.2 Å². The zero-order valence-electron chi connectivity index (χ0n) is 10.0. The summed E-state index contributed by atoms with van der Waals surface area (Å²) in [4.78, 5) is 21.3. The van der Waals surface area contributed by atoms with Gasteiger partial charge in [0.05, 0.1) is 16.6 Å². The van der Waals surface area contributed by atoms with Gasteiger partial charge in [-0.05, 0) is 13.0 Å². The van der Waals surface area contributed by atoms with Gasteiger partial charge in [-0.3, -0.25) is 10.1 Å². The lowest BCUT2D eigenvalue weighted by molar-refractivity contribution is -0.384. The van der Waals surface area contributed by atoms with Crippen LogP contribution < -0.4 is 5.32 Å². The van der Waals surface area contributed by atoms with Gasteiger partial charge in [0.25, 0.3) is 5.69 Å². The van der Waals surface area contributed by atoms with E-state index in [1.54, 1.807) is 6.92 Å². The molecule has 2 N–H and O–H groups in total. The van der Waals surface area contributed by atoms with Gasteiger partial charge in [0.1, 0.15) is 5.69 Å². The van der Waals surface area contributed by atoms with Crippen LogP contribution in [0.1, 0.15) is 17.3 Å². The predicted octanol–water partition coefficient (Wildman–Crippen LogP) is 1.74. The molecule has 98 valence electrons. The van der Waals surface area contributed by atoms with E-state index in [9.17, 15) is 14.9 Å². The van der Waals surface area contributed by atoms with Crippen LogP contribution in [-0.4, -0.2) is 35.8 Å². The molecule has 0 aliphatic heterocycles. The highest BCUT2D eigenvalue weighted by molar-refractivity contribution is 5.96. The first-order chi connectivity index (χ1) is 8.47. The Hall–Kier alpha value is -2.15. The molecule has 7 nitrogen and oxygen atoms in total. The molecule has 0 amide bonds. The number of ether oxygens (including phenoxy) is 1. The number of benzene rings is 1. The molecule has 0 aliphatic rings. The van der Waals surface area contributed by atoms with Crippen LogP contribution in [0.2, 0.25) is 0 Å². The zero-order chi connectivity index (χ0) is 13.7. The SMILES string of the molecule is COC(C)CNc1c(C(=O)O)cccc1[N+](=O)[O-]. The number of carboxylic acid groups (broad SMARTS) is 1. The average molecular weight is 254 g/mol. The van der Waals surface area contributed by atoms with Crippen molar-refractivity contribution in [1.29, 1.82) is 0 Å². The van der Waals surface area contributed by atoms with Gasteiger partial charge >= 0.3 is 5.97 Å². The Bertz CT molecular complexity index is 428. The first kappa shape index (κ1) is 13.9. The number of aromatic carboxylic acids is 1. The molecule has 1 rings (SSSR count). The summed E-state index contributed by atoms with van der Waals surface area (Å²) in [6.07, 6.45) is -0.188. The quantitative estimate of drug-likeness (QED) is 0.592. The summed E-state index contributed by atoms with van der Waals surface area (Å²) >= 11 is 0. The normalized spacial score (nSPS) is 11.9. The van der Waals surface area contributed by atoms with Gasteiger partial charge in [-0.15, -0.1) is 0 Å². The number of nitrogens with zero attached hydrogens (tertiary/aromatic N) is 1. The highest BCUT2D eigenvalue weighted by atomic mass is 16.6. The van der Waals surface area contributed by atoms with Crippen LogP contribution in [0.25, 0.3) is 0 Å². The van der Waals surface area contributed by atoms with Crippen molar-refractivity contribution < 1.29 is 19.6 Å². The van der Waals surface area contributed by atoms with Crippen molar-refractivity contribution in [3.8, 4) is 0 Å². The number of anilines is 1. The molecule has 1 aromatic carbocycles. The van der Waals surface area contributed by atoms with E-state index in [4.69, 9.17) is 9.84 Å². The molecule has 18 heavy (non-hydrogen) atoms.